The quantitative estimate of drug-likeness (QED) is 0.605. The molecular weight excluding hydrogens is 212 g/mol. The van der Waals surface area contributed by atoms with Gasteiger partial charge in [0.1, 0.15) is 5.54 Å². The van der Waals surface area contributed by atoms with E-state index in [1.165, 1.54) is 13.8 Å². The van der Waals surface area contributed by atoms with E-state index in [1.54, 1.807) is 0 Å². The highest BCUT2D eigenvalue weighted by atomic mass is 16.5. The zero-order valence-electron chi connectivity index (χ0n) is 9.58. The summed E-state index contributed by atoms with van der Waals surface area (Å²) < 4.78 is 5.10. The molecule has 0 aromatic rings. The molecule has 1 rings (SSSR count). The molecule has 0 saturated carbocycles. The fraction of sp³-hybridized carbons (Fsp3) is 0.800. The van der Waals surface area contributed by atoms with Crippen molar-refractivity contribution in [3.05, 3.63) is 0 Å². The highest BCUT2D eigenvalue weighted by Crippen LogP contribution is 2.21. The number of carbonyl (C=O) groups excluding carboxylic acids is 1. The first-order chi connectivity index (χ1) is 7.28. The van der Waals surface area contributed by atoms with Crippen LogP contribution in [0.3, 0.4) is 0 Å². The topological polar surface area (TPSA) is 102 Å². The van der Waals surface area contributed by atoms with Gasteiger partial charge in [0.2, 0.25) is 5.91 Å². The van der Waals surface area contributed by atoms with Gasteiger partial charge < -0.3 is 20.9 Å². The third kappa shape index (κ3) is 2.70. The monoisotopic (exact) mass is 230 g/mol. The first kappa shape index (κ1) is 12.9. The molecule has 0 radical (unpaired) electrons. The molecule has 0 bridgehead atoms. The van der Waals surface area contributed by atoms with Crippen molar-refractivity contribution < 1.29 is 19.4 Å². The summed E-state index contributed by atoms with van der Waals surface area (Å²) in [5, 5.41) is 11.7. The fourth-order valence-corrected chi connectivity index (χ4v) is 1.49. The Labute approximate surface area is 94.1 Å². The van der Waals surface area contributed by atoms with Crippen molar-refractivity contribution in [1.82, 2.24) is 5.32 Å². The second-order valence-corrected chi connectivity index (χ2v) is 4.68. The highest BCUT2D eigenvalue weighted by Gasteiger charge is 2.43. The Kier molecular flexibility index (Phi) is 3.54. The van der Waals surface area contributed by atoms with Crippen LogP contribution < -0.4 is 11.1 Å². The van der Waals surface area contributed by atoms with E-state index in [2.05, 4.69) is 5.32 Å². The zero-order chi connectivity index (χ0) is 12.4. The van der Waals surface area contributed by atoms with Gasteiger partial charge in [0.25, 0.3) is 0 Å². The van der Waals surface area contributed by atoms with E-state index >= 15 is 0 Å². The lowest BCUT2D eigenvalue weighted by Crippen LogP contribution is -2.62. The van der Waals surface area contributed by atoms with Crippen molar-refractivity contribution in [3.8, 4) is 0 Å². The number of rotatable bonds is 3. The van der Waals surface area contributed by atoms with Gasteiger partial charge in [-0.15, -0.1) is 0 Å². The van der Waals surface area contributed by atoms with Gasteiger partial charge in [-0.25, -0.2) is 4.79 Å². The van der Waals surface area contributed by atoms with Gasteiger partial charge in [-0.1, -0.05) is 0 Å². The molecule has 1 heterocycles. The molecule has 1 aliphatic rings. The SMILES string of the molecule is CC(C)(N)C(=O)NC1(C(=O)O)CCOCC1. The number of carboxylic acid groups (broad SMARTS) is 1. The molecule has 1 fully saturated rings. The smallest absolute Gasteiger partial charge is 0.329 e. The summed E-state index contributed by atoms with van der Waals surface area (Å²) >= 11 is 0. The third-order valence-corrected chi connectivity index (χ3v) is 2.69. The molecule has 0 atom stereocenters. The minimum atomic E-state index is -1.23. The maximum Gasteiger partial charge on any atom is 0.329 e. The molecule has 0 aliphatic carbocycles. The largest absolute Gasteiger partial charge is 0.480 e. The Bertz CT molecular complexity index is 290. The first-order valence-corrected chi connectivity index (χ1v) is 5.20. The fourth-order valence-electron chi connectivity index (χ4n) is 1.49. The summed E-state index contributed by atoms with van der Waals surface area (Å²) in [6.45, 7) is 3.74. The molecule has 6 nitrogen and oxygen atoms in total. The Morgan fingerprint density at radius 2 is 1.88 bits per heavy atom. The first-order valence-electron chi connectivity index (χ1n) is 5.20. The van der Waals surface area contributed by atoms with E-state index in [4.69, 9.17) is 10.5 Å². The van der Waals surface area contributed by atoms with Crippen LogP contribution >= 0.6 is 0 Å². The second kappa shape index (κ2) is 4.39. The van der Waals surface area contributed by atoms with Gasteiger partial charge in [-0.05, 0) is 13.8 Å². The summed E-state index contributed by atoms with van der Waals surface area (Å²) in [6.07, 6.45) is 0.536. The maximum absolute atomic E-state index is 11.7. The predicted molar refractivity (Wildman–Crippen MR) is 56.8 cm³/mol. The van der Waals surface area contributed by atoms with Crippen molar-refractivity contribution in [3.63, 3.8) is 0 Å². The number of amides is 1. The zero-order valence-corrected chi connectivity index (χ0v) is 9.58. The van der Waals surface area contributed by atoms with Crippen LogP contribution in [0, 0.1) is 0 Å². The van der Waals surface area contributed by atoms with Crippen LogP contribution in [0.2, 0.25) is 0 Å². The molecule has 1 saturated heterocycles. The Morgan fingerprint density at radius 1 is 1.38 bits per heavy atom. The van der Waals surface area contributed by atoms with Crippen molar-refractivity contribution in [2.45, 2.75) is 37.8 Å². The van der Waals surface area contributed by atoms with Crippen LogP contribution in [0.15, 0.2) is 0 Å². The lowest BCUT2D eigenvalue weighted by Gasteiger charge is -2.35. The minimum Gasteiger partial charge on any atom is -0.480 e. The molecule has 1 amide bonds. The molecular formula is C10H18N2O4. The van der Waals surface area contributed by atoms with Crippen LogP contribution in [0.4, 0.5) is 0 Å². The average Bonchev–Trinajstić information content (AvgIpc) is 2.17. The van der Waals surface area contributed by atoms with E-state index in [-0.39, 0.29) is 12.8 Å². The number of carboxylic acids is 1. The second-order valence-electron chi connectivity index (χ2n) is 4.68. The Hall–Kier alpha value is -1.14. The molecule has 16 heavy (non-hydrogen) atoms. The standard InChI is InChI=1S/C10H18N2O4/c1-9(2,11)7(13)12-10(8(14)15)3-5-16-6-4-10/h3-6,11H2,1-2H3,(H,12,13)(H,14,15). The molecule has 92 valence electrons. The van der Waals surface area contributed by atoms with Gasteiger partial charge >= 0.3 is 5.97 Å². The molecule has 4 N–H and O–H groups in total. The maximum atomic E-state index is 11.7. The lowest BCUT2D eigenvalue weighted by molar-refractivity contribution is -0.152. The summed E-state index contributed by atoms with van der Waals surface area (Å²) in [4.78, 5) is 22.9. The number of nitrogens with one attached hydrogen (secondary N) is 1. The number of carbonyl (C=O) groups is 2. The van der Waals surface area contributed by atoms with Gasteiger partial charge in [0.05, 0.1) is 5.54 Å². The minimum absolute atomic E-state index is 0.268. The molecule has 0 unspecified atom stereocenters. The van der Waals surface area contributed by atoms with Crippen LogP contribution in [-0.4, -0.2) is 41.3 Å². The average molecular weight is 230 g/mol. The van der Waals surface area contributed by atoms with Crippen LogP contribution in [0.1, 0.15) is 26.7 Å². The number of nitrogens with two attached hydrogens (primary N) is 1. The van der Waals surface area contributed by atoms with Gasteiger partial charge in [-0.3, -0.25) is 4.79 Å². The van der Waals surface area contributed by atoms with E-state index in [9.17, 15) is 14.7 Å². The number of aliphatic carboxylic acids is 1. The van der Waals surface area contributed by atoms with Crippen LogP contribution in [0.5, 0.6) is 0 Å². The van der Waals surface area contributed by atoms with Crippen LogP contribution in [-0.2, 0) is 14.3 Å². The Morgan fingerprint density at radius 3 is 2.25 bits per heavy atom. The lowest BCUT2D eigenvalue weighted by atomic mass is 9.89. The van der Waals surface area contributed by atoms with Gasteiger partial charge in [0, 0.05) is 26.1 Å². The normalized spacial score (nSPS) is 20.2. The molecule has 0 spiro atoms. The van der Waals surface area contributed by atoms with E-state index in [0.29, 0.717) is 13.2 Å². The van der Waals surface area contributed by atoms with Gasteiger partial charge in [-0.2, -0.15) is 0 Å². The van der Waals surface area contributed by atoms with Gasteiger partial charge in [0.15, 0.2) is 0 Å². The summed E-state index contributed by atoms with van der Waals surface area (Å²) in [5.74, 6) is -1.50. The van der Waals surface area contributed by atoms with E-state index < -0.39 is 23.0 Å². The summed E-state index contributed by atoms with van der Waals surface area (Å²) in [7, 11) is 0. The third-order valence-electron chi connectivity index (χ3n) is 2.69. The summed E-state index contributed by atoms with van der Waals surface area (Å²) in [6, 6.07) is 0. The van der Waals surface area contributed by atoms with Crippen molar-refractivity contribution in [2.24, 2.45) is 5.73 Å². The van der Waals surface area contributed by atoms with Crippen molar-refractivity contribution in [2.75, 3.05) is 13.2 Å². The van der Waals surface area contributed by atoms with Crippen molar-refractivity contribution in [1.29, 1.82) is 0 Å². The number of ether oxygens (including phenoxy) is 1. The summed E-state index contributed by atoms with van der Waals surface area (Å²) in [5.41, 5.74) is 3.31. The highest BCUT2D eigenvalue weighted by molar-refractivity contribution is 5.91. The Balaban J connectivity index is 2.79. The molecule has 0 aromatic heterocycles. The van der Waals surface area contributed by atoms with Crippen molar-refractivity contribution >= 4 is 11.9 Å². The van der Waals surface area contributed by atoms with E-state index in [1.807, 2.05) is 0 Å². The molecule has 6 heteroatoms. The van der Waals surface area contributed by atoms with Crippen LogP contribution in [0.25, 0.3) is 0 Å². The molecule has 0 aromatic carbocycles. The number of hydrogen-bond acceptors (Lipinski definition) is 4. The molecule has 1 aliphatic heterocycles. The number of hydrogen-bond donors (Lipinski definition) is 3. The van der Waals surface area contributed by atoms with E-state index in [0.717, 1.165) is 0 Å². The predicted octanol–water partition coefficient (Wildman–Crippen LogP) is -0.526.